The minimum Gasteiger partial charge on any atom is -0.495 e. The van der Waals surface area contributed by atoms with E-state index in [9.17, 15) is 5.11 Å². The number of methoxy groups -OCH3 is 1. The van der Waals surface area contributed by atoms with E-state index in [4.69, 9.17) is 16.3 Å². The summed E-state index contributed by atoms with van der Waals surface area (Å²) in [6, 6.07) is 13.2. The van der Waals surface area contributed by atoms with Crippen molar-refractivity contribution in [1.82, 2.24) is 0 Å². The number of benzene rings is 2. The van der Waals surface area contributed by atoms with Crippen LogP contribution in [0.5, 0.6) is 5.75 Å². The molecule has 0 saturated carbocycles. The molecule has 1 unspecified atom stereocenters. The van der Waals surface area contributed by atoms with Crippen molar-refractivity contribution in [3.8, 4) is 5.75 Å². The predicted octanol–water partition coefficient (Wildman–Crippen LogP) is 3.80. The summed E-state index contributed by atoms with van der Waals surface area (Å²) >= 11 is 6.07. The Kier molecular flexibility index (Phi) is 4.88. The molecule has 2 aromatic rings. The minimum absolute atomic E-state index is 0.365. The number of aryl methyl sites for hydroxylation is 1. The summed E-state index contributed by atoms with van der Waals surface area (Å²) in [5.74, 6) is 0.752. The van der Waals surface area contributed by atoms with E-state index in [1.54, 1.807) is 13.2 Å². The van der Waals surface area contributed by atoms with Gasteiger partial charge in [0.25, 0.3) is 0 Å². The third-order valence-electron chi connectivity index (χ3n) is 3.11. The van der Waals surface area contributed by atoms with E-state index in [1.807, 2.05) is 43.3 Å². The molecular weight excluding hydrogens is 274 g/mol. The molecule has 0 aliphatic rings. The zero-order valence-corrected chi connectivity index (χ0v) is 12.3. The Morgan fingerprint density at radius 1 is 1.25 bits per heavy atom. The fraction of sp³-hybridized carbons (Fsp3) is 0.250. The van der Waals surface area contributed by atoms with Gasteiger partial charge in [-0.15, -0.1) is 0 Å². The second-order valence-corrected chi connectivity index (χ2v) is 5.03. The number of hydrogen-bond acceptors (Lipinski definition) is 3. The van der Waals surface area contributed by atoms with Crippen LogP contribution in [-0.2, 0) is 0 Å². The molecule has 0 saturated heterocycles. The summed E-state index contributed by atoms with van der Waals surface area (Å²) in [7, 11) is 1.63. The van der Waals surface area contributed by atoms with E-state index in [2.05, 4.69) is 5.32 Å². The Labute approximate surface area is 124 Å². The lowest BCUT2D eigenvalue weighted by Crippen LogP contribution is -2.13. The first-order valence-corrected chi connectivity index (χ1v) is 6.80. The Balaban J connectivity index is 2.09. The Morgan fingerprint density at radius 2 is 2.00 bits per heavy atom. The van der Waals surface area contributed by atoms with E-state index < -0.39 is 6.10 Å². The molecular formula is C16H18ClNO2. The monoisotopic (exact) mass is 291 g/mol. The molecule has 2 aromatic carbocycles. The fourth-order valence-corrected chi connectivity index (χ4v) is 2.28. The van der Waals surface area contributed by atoms with Gasteiger partial charge in [-0.3, -0.25) is 0 Å². The molecule has 20 heavy (non-hydrogen) atoms. The van der Waals surface area contributed by atoms with Gasteiger partial charge in [-0.25, -0.2) is 0 Å². The Morgan fingerprint density at radius 3 is 2.70 bits per heavy atom. The number of nitrogens with one attached hydrogen (secondary N) is 1. The van der Waals surface area contributed by atoms with Crippen molar-refractivity contribution in [3.63, 3.8) is 0 Å². The fourth-order valence-electron chi connectivity index (χ4n) is 2.02. The number of aliphatic hydroxyl groups is 1. The van der Waals surface area contributed by atoms with Crippen molar-refractivity contribution in [2.45, 2.75) is 13.0 Å². The van der Waals surface area contributed by atoms with Crippen LogP contribution in [0.2, 0.25) is 5.02 Å². The van der Waals surface area contributed by atoms with Crippen LogP contribution in [-0.4, -0.2) is 18.8 Å². The third-order valence-corrected chi connectivity index (χ3v) is 3.45. The lowest BCUT2D eigenvalue weighted by Gasteiger charge is -2.16. The van der Waals surface area contributed by atoms with E-state index in [-0.39, 0.29) is 0 Å². The lowest BCUT2D eigenvalue weighted by atomic mass is 10.1. The van der Waals surface area contributed by atoms with Crippen molar-refractivity contribution in [2.24, 2.45) is 0 Å². The highest BCUT2D eigenvalue weighted by Crippen LogP contribution is 2.27. The molecule has 2 rings (SSSR count). The van der Waals surface area contributed by atoms with Crippen molar-refractivity contribution < 1.29 is 9.84 Å². The van der Waals surface area contributed by atoms with Gasteiger partial charge in [-0.1, -0.05) is 35.9 Å². The molecule has 0 fully saturated rings. The van der Waals surface area contributed by atoms with E-state index in [0.717, 1.165) is 17.0 Å². The van der Waals surface area contributed by atoms with Crippen LogP contribution in [0.25, 0.3) is 0 Å². The second kappa shape index (κ2) is 6.64. The summed E-state index contributed by atoms with van der Waals surface area (Å²) < 4.78 is 5.29. The van der Waals surface area contributed by atoms with Gasteiger partial charge in [-0.05, 0) is 30.7 Å². The van der Waals surface area contributed by atoms with E-state index >= 15 is 0 Å². The molecule has 106 valence electrons. The summed E-state index contributed by atoms with van der Waals surface area (Å²) in [6.45, 7) is 2.37. The number of hydrogen-bond donors (Lipinski definition) is 2. The smallest absolute Gasteiger partial charge is 0.141 e. The first kappa shape index (κ1) is 14.7. The molecule has 0 amide bonds. The van der Waals surface area contributed by atoms with Crippen LogP contribution in [0.1, 0.15) is 17.2 Å². The van der Waals surface area contributed by atoms with Gasteiger partial charge in [0.15, 0.2) is 0 Å². The molecule has 0 spiro atoms. The highest BCUT2D eigenvalue weighted by molar-refractivity contribution is 6.31. The highest BCUT2D eigenvalue weighted by Gasteiger charge is 2.12. The van der Waals surface area contributed by atoms with Crippen LogP contribution in [0.3, 0.4) is 0 Å². The number of halogens is 1. The van der Waals surface area contributed by atoms with Crippen molar-refractivity contribution >= 4 is 17.3 Å². The van der Waals surface area contributed by atoms with Crippen molar-refractivity contribution in [1.29, 1.82) is 0 Å². The van der Waals surface area contributed by atoms with Gasteiger partial charge in [0.1, 0.15) is 5.75 Å². The number of ether oxygens (including phenoxy) is 1. The van der Waals surface area contributed by atoms with Gasteiger partial charge in [0.2, 0.25) is 0 Å². The van der Waals surface area contributed by atoms with Gasteiger partial charge >= 0.3 is 0 Å². The number of rotatable bonds is 5. The molecule has 0 heterocycles. The van der Waals surface area contributed by atoms with Gasteiger partial charge in [0, 0.05) is 17.1 Å². The lowest BCUT2D eigenvalue weighted by molar-refractivity contribution is 0.191. The molecule has 3 nitrogen and oxygen atoms in total. The molecule has 0 bridgehead atoms. The summed E-state index contributed by atoms with van der Waals surface area (Å²) in [4.78, 5) is 0. The molecule has 0 radical (unpaired) electrons. The van der Waals surface area contributed by atoms with Gasteiger partial charge < -0.3 is 15.2 Å². The molecule has 0 aliphatic carbocycles. The molecule has 0 aromatic heterocycles. The quantitative estimate of drug-likeness (QED) is 0.880. The molecule has 1 atom stereocenters. The minimum atomic E-state index is -0.672. The average Bonchev–Trinajstić information content (AvgIpc) is 2.45. The first-order chi connectivity index (χ1) is 9.61. The highest BCUT2D eigenvalue weighted by atomic mass is 35.5. The maximum Gasteiger partial charge on any atom is 0.141 e. The normalized spacial score (nSPS) is 12.0. The summed E-state index contributed by atoms with van der Waals surface area (Å²) in [5.41, 5.74) is 2.70. The van der Waals surface area contributed by atoms with E-state index in [1.165, 1.54) is 0 Å². The van der Waals surface area contributed by atoms with Crippen molar-refractivity contribution in [2.75, 3.05) is 19.0 Å². The number of anilines is 1. The first-order valence-electron chi connectivity index (χ1n) is 6.43. The zero-order valence-electron chi connectivity index (χ0n) is 11.6. The van der Waals surface area contributed by atoms with Crippen LogP contribution in [0, 0.1) is 6.92 Å². The summed E-state index contributed by atoms with van der Waals surface area (Å²) in [5, 5.41) is 14.0. The van der Waals surface area contributed by atoms with Crippen LogP contribution < -0.4 is 10.1 Å². The zero-order chi connectivity index (χ0) is 14.5. The van der Waals surface area contributed by atoms with Crippen molar-refractivity contribution in [3.05, 3.63) is 58.6 Å². The average molecular weight is 292 g/mol. The number of aliphatic hydroxyl groups excluding tert-OH is 1. The largest absolute Gasteiger partial charge is 0.495 e. The maximum absolute atomic E-state index is 10.2. The maximum atomic E-state index is 10.2. The van der Waals surface area contributed by atoms with Crippen LogP contribution >= 0.6 is 11.6 Å². The van der Waals surface area contributed by atoms with Crippen LogP contribution in [0.15, 0.2) is 42.5 Å². The molecule has 4 heteroatoms. The topological polar surface area (TPSA) is 41.5 Å². The predicted molar refractivity (Wildman–Crippen MR) is 82.6 cm³/mol. The third kappa shape index (κ3) is 3.44. The summed E-state index contributed by atoms with van der Waals surface area (Å²) in [6.07, 6.45) is -0.672. The standard InChI is InChI=1S/C16H18ClNO2/c1-11-7-8-16(20-2)14(9-11)18-10-15(19)12-5-3-4-6-13(12)17/h3-9,15,18-19H,10H2,1-2H3. The van der Waals surface area contributed by atoms with Gasteiger partial charge in [-0.2, -0.15) is 0 Å². The SMILES string of the molecule is COc1ccc(C)cc1NCC(O)c1ccccc1Cl. The van der Waals surface area contributed by atoms with Crippen LogP contribution in [0.4, 0.5) is 5.69 Å². The second-order valence-electron chi connectivity index (χ2n) is 4.62. The van der Waals surface area contributed by atoms with Gasteiger partial charge in [0.05, 0.1) is 18.9 Å². The molecule has 2 N–H and O–H groups in total. The molecule has 0 aliphatic heterocycles. The van der Waals surface area contributed by atoms with E-state index in [0.29, 0.717) is 17.1 Å². The Bertz CT molecular complexity index is 586. The Hall–Kier alpha value is -1.71.